The summed E-state index contributed by atoms with van der Waals surface area (Å²) in [4.78, 5) is 25.7. The topological polar surface area (TPSA) is 82.3 Å². The Kier molecular flexibility index (Phi) is 10.0. The average molecular weight is 535 g/mol. The van der Waals surface area contributed by atoms with Gasteiger partial charge in [0.15, 0.2) is 0 Å². The van der Waals surface area contributed by atoms with Gasteiger partial charge in [-0.25, -0.2) is 0 Å². The minimum atomic E-state index is -4.56. The molecule has 4 N–H and O–H groups in total. The molecule has 1 aliphatic rings. The number of carbonyl (C=O) groups excluding carboxylic acids is 2. The van der Waals surface area contributed by atoms with Crippen molar-refractivity contribution < 1.29 is 22.8 Å². The number of hydrogen-bond donors (Lipinski definition) is 4. The number of amides is 2. The maximum absolute atomic E-state index is 13.0. The molecule has 0 saturated heterocycles. The van der Waals surface area contributed by atoms with Gasteiger partial charge in [0.25, 0.3) is 5.91 Å². The normalized spacial score (nSPS) is 19.6. The van der Waals surface area contributed by atoms with Crippen molar-refractivity contribution in [3.8, 4) is 0 Å². The fourth-order valence-corrected chi connectivity index (χ4v) is 4.69. The zero-order valence-corrected chi connectivity index (χ0v) is 21.8. The van der Waals surface area contributed by atoms with Gasteiger partial charge in [-0.05, 0) is 57.4 Å². The summed E-state index contributed by atoms with van der Waals surface area (Å²) in [5.41, 5.74) is 0.936. The molecule has 10 heteroatoms. The van der Waals surface area contributed by atoms with E-state index in [1.54, 1.807) is 0 Å². The van der Waals surface area contributed by atoms with Gasteiger partial charge in [0.2, 0.25) is 5.91 Å². The summed E-state index contributed by atoms with van der Waals surface area (Å²) < 4.78 is 38.9. The van der Waals surface area contributed by atoms with Gasteiger partial charge in [-0.1, -0.05) is 55.0 Å². The molecule has 2 amide bonds. The van der Waals surface area contributed by atoms with E-state index in [2.05, 4.69) is 28.2 Å². The molecule has 0 bridgehead atoms. The van der Waals surface area contributed by atoms with Crippen LogP contribution in [-0.2, 0) is 11.0 Å². The van der Waals surface area contributed by atoms with Crippen LogP contribution in [0.1, 0.15) is 59.7 Å². The third-order valence-corrected chi connectivity index (χ3v) is 6.73. The molecule has 200 valence electrons. The molecular weight excluding hydrogens is 501 g/mol. The minimum Gasteiger partial charge on any atom is -0.369 e. The maximum atomic E-state index is 13.0. The molecular formula is C27H33F3N4O2S. The Morgan fingerprint density at radius 3 is 2.38 bits per heavy atom. The van der Waals surface area contributed by atoms with Gasteiger partial charge >= 0.3 is 6.18 Å². The van der Waals surface area contributed by atoms with Crippen molar-refractivity contribution in [1.82, 2.24) is 21.3 Å². The number of alkyl halides is 3. The predicted octanol–water partition coefficient (Wildman–Crippen LogP) is 4.11. The fraction of sp³-hybridized carbons (Fsp3) is 0.444. The summed E-state index contributed by atoms with van der Waals surface area (Å²) in [6.45, 7) is 4.56. The van der Waals surface area contributed by atoms with E-state index in [1.807, 2.05) is 31.2 Å². The van der Waals surface area contributed by atoms with Crippen LogP contribution in [0.2, 0.25) is 0 Å². The van der Waals surface area contributed by atoms with Crippen molar-refractivity contribution in [2.75, 3.05) is 13.1 Å². The Bertz CT molecular complexity index is 1090. The lowest BCUT2D eigenvalue weighted by Crippen LogP contribution is -2.63. The second-order valence-corrected chi connectivity index (χ2v) is 9.70. The first-order chi connectivity index (χ1) is 17.6. The summed E-state index contributed by atoms with van der Waals surface area (Å²) in [7, 11) is 0. The summed E-state index contributed by atoms with van der Waals surface area (Å²) in [6.07, 6.45) is -1.04. The van der Waals surface area contributed by atoms with Crippen LogP contribution >= 0.6 is 12.2 Å². The van der Waals surface area contributed by atoms with E-state index in [0.29, 0.717) is 4.99 Å². The van der Waals surface area contributed by atoms with Crippen molar-refractivity contribution in [2.45, 2.75) is 63.8 Å². The second kappa shape index (κ2) is 13.0. The molecule has 3 unspecified atom stereocenters. The van der Waals surface area contributed by atoms with Crippen LogP contribution in [0.3, 0.4) is 0 Å². The van der Waals surface area contributed by atoms with Crippen LogP contribution in [0.15, 0.2) is 48.5 Å². The van der Waals surface area contributed by atoms with Gasteiger partial charge in [0, 0.05) is 17.2 Å². The van der Waals surface area contributed by atoms with Crippen molar-refractivity contribution in [2.24, 2.45) is 0 Å². The number of hydrogen-bond acceptors (Lipinski definition) is 4. The molecule has 0 spiro atoms. The third-order valence-electron chi connectivity index (χ3n) is 6.37. The van der Waals surface area contributed by atoms with Crippen molar-refractivity contribution in [3.05, 3.63) is 70.8 Å². The van der Waals surface area contributed by atoms with E-state index in [9.17, 15) is 22.8 Å². The molecule has 0 aliphatic heterocycles. The Morgan fingerprint density at radius 1 is 1.00 bits per heavy atom. The largest absolute Gasteiger partial charge is 0.416 e. The van der Waals surface area contributed by atoms with Crippen LogP contribution in [-0.4, -0.2) is 48.0 Å². The minimum absolute atomic E-state index is 0.0853. The molecule has 1 aliphatic carbocycles. The zero-order chi connectivity index (χ0) is 27.0. The first-order valence-electron chi connectivity index (χ1n) is 12.4. The summed E-state index contributed by atoms with van der Waals surface area (Å²) in [5.74, 6) is -1.17. The first kappa shape index (κ1) is 28.6. The van der Waals surface area contributed by atoms with Crippen LogP contribution in [0.4, 0.5) is 13.2 Å². The summed E-state index contributed by atoms with van der Waals surface area (Å²) in [6, 6.07) is 11.7. The van der Waals surface area contributed by atoms with Crippen molar-refractivity contribution in [1.29, 1.82) is 0 Å². The lowest BCUT2D eigenvalue weighted by atomic mass is 9.85. The zero-order valence-electron chi connectivity index (χ0n) is 21.0. The number of benzene rings is 2. The number of aryl methyl sites for hydroxylation is 1. The number of rotatable bonds is 9. The molecule has 2 aromatic carbocycles. The Hall–Kier alpha value is -2.98. The molecule has 3 atom stereocenters. The summed E-state index contributed by atoms with van der Waals surface area (Å²) >= 11 is 5.66. The van der Waals surface area contributed by atoms with Gasteiger partial charge in [-0.3, -0.25) is 9.59 Å². The van der Waals surface area contributed by atoms with E-state index in [4.69, 9.17) is 12.2 Å². The summed E-state index contributed by atoms with van der Waals surface area (Å²) in [5, 5.41) is 12.4. The predicted molar refractivity (Wildman–Crippen MR) is 141 cm³/mol. The van der Waals surface area contributed by atoms with Gasteiger partial charge < -0.3 is 21.3 Å². The molecule has 0 heterocycles. The van der Waals surface area contributed by atoms with E-state index in [1.165, 1.54) is 6.07 Å². The second-order valence-electron chi connectivity index (χ2n) is 9.29. The average Bonchev–Trinajstić information content (AvgIpc) is 2.87. The van der Waals surface area contributed by atoms with E-state index in [0.717, 1.165) is 61.6 Å². The lowest BCUT2D eigenvalue weighted by molar-refractivity contribution is -0.137. The third kappa shape index (κ3) is 8.26. The van der Waals surface area contributed by atoms with E-state index >= 15 is 0 Å². The highest BCUT2D eigenvalue weighted by Crippen LogP contribution is 2.29. The van der Waals surface area contributed by atoms with Gasteiger partial charge in [0.05, 0.1) is 24.2 Å². The van der Waals surface area contributed by atoms with Gasteiger partial charge in [0.1, 0.15) is 4.99 Å². The van der Waals surface area contributed by atoms with Crippen molar-refractivity contribution >= 4 is 29.0 Å². The molecule has 3 rings (SSSR count). The standard InChI is InChI=1S/C27H33F3N4O2S/c1-3-14-31-21-8-5-9-22(24(21)34-26(37)18-12-10-17(2)11-13-18)33-23(35)16-32-25(36)19-6-4-7-20(15-19)27(28,29)30/h4,6-7,10-13,15,21-22,24,31H,3,5,8-9,14,16H2,1-2H3,(H,32,36)(H,33,35)(H,34,37). The molecule has 6 nitrogen and oxygen atoms in total. The molecule has 2 aromatic rings. The van der Waals surface area contributed by atoms with Crippen LogP contribution in [0.5, 0.6) is 0 Å². The quantitative estimate of drug-likeness (QED) is 0.364. The van der Waals surface area contributed by atoms with Gasteiger partial charge in [-0.15, -0.1) is 0 Å². The molecule has 0 radical (unpaired) electrons. The van der Waals surface area contributed by atoms with Crippen LogP contribution in [0, 0.1) is 6.92 Å². The SMILES string of the molecule is CCCNC1CCCC(NC(=O)CNC(=O)c2cccc(C(F)(F)F)c2)C1NC(=S)c1ccc(C)cc1. The maximum Gasteiger partial charge on any atom is 0.416 e. The lowest BCUT2D eigenvalue weighted by Gasteiger charge is -2.40. The van der Waals surface area contributed by atoms with E-state index in [-0.39, 0.29) is 30.2 Å². The smallest absolute Gasteiger partial charge is 0.369 e. The number of halogens is 3. The highest BCUT2D eigenvalue weighted by atomic mass is 32.1. The van der Waals surface area contributed by atoms with Crippen LogP contribution in [0.25, 0.3) is 0 Å². The monoisotopic (exact) mass is 534 g/mol. The Morgan fingerprint density at radius 2 is 1.70 bits per heavy atom. The number of thiocarbonyl (C=S) groups is 1. The van der Waals surface area contributed by atoms with E-state index < -0.39 is 23.6 Å². The molecule has 37 heavy (non-hydrogen) atoms. The van der Waals surface area contributed by atoms with Crippen LogP contribution < -0.4 is 21.3 Å². The molecule has 0 aromatic heterocycles. The van der Waals surface area contributed by atoms with Gasteiger partial charge in [-0.2, -0.15) is 13.2 Å². The Labute approximate surface area is 220 Å². The first-order valence-corrected chi connectivity index (χ1v) is 12.8. The molecule has 1 fully saturated rings. The highest BCUT2D eigenvalue weighted by Gasteiger charge is 2.35. The number of carbonyl (C=O) groups is 2. The van der Waals surface area contributed by atoms with Crippen molar-refractivity contribution in [3.63, 3.8) is 0 Å². The molecule has 1 saturated carbocycles. The number of nitrogens with one attached hydrogen (secondary N) is 4. The highest BCUT2D eigenvalue weighted by molar-refractivity contribution is 7.80. The Balaban J connectivity index is 1.64. The fourth-order valence-electron chi connectivity index (χ4n) is 4.42.